The Morgan fingerprint density at radius 1 is 1.21 bits per heavy atom. The maximum atomic E-state index is 5.60. The molecule has 0 unspecified atom stereocenters. The lowest BCUT2D eigenvalue weighted by molar-refractivity contribution is 0.0502. The fourth-order valence-corrected chi connectivity index (χ4v) is 1.20. The van der Waals surface area contributed by atoms with Gasteiger partial charge in [0, 0.05) is 19.2 Å². The fraction of sp³-hybridized carbons (Fsp3) is 0.400. The summed E-state index contributed by atoms with van der Waals surface area (Å²) in [6.45, 7) is 0.587. The molecule has 0 heterocycles. The Morgan fingerprint density at radius 2 is 1.93 bits per heavy atom. The fourth-order valence-electron chi connectivity index (χ4n) is 1.20. The van der Waals surface area contributed by atoms with E-state index in [0.717, 1.165) is 11.3 Å². The van der Waals surface area contributed by atoms with Gasteiger partial charge in [0.1, 0.15) is 11.5 Å². The van der Waals surface area contributed by atoms with Crippen molar-refractivity contribution < 1.29 is 14.2 Å². The van der Waals surface area contributed by atoms with Crippen LogP contribution in [-0.2, 0) is 11.3 Å². The molecule has 78 valence electrons. The molecular formula is C10H15NO3. The third-order valence-corrected chi connectivity index (χ3v) is 1.85. The van der Waals surface area contributed by atoms with E-state index in [1.807, 2.05) is 18.2 Å². The zero-order valence-corrected chi connectivity index (χ0v) is 8.45. The summed E-state index contributed by atoms with van der Waals surface area (Å²) in [7, 11) is 3.18. The van der Waals surface area contributed by atoms with E-state index in [9.17, 15) is 0 Å². The number of benzene rings is 1. The third-order valence-electron chi connectivity index (χ3n) is 1.85. The average Bonchev–Trinajstić information content (AvgIpc) is 2.25. The van der Waals surface area contributed by atoms with Gasteiger partial charge in [-0.3, -0.25) is 0 Å². The lowest BCUT2D eigenvalue weighted by Crippen LogP contribution is -2.06. The van der Waals surface area contributed by atoms with Gasteiger partial charge in [-0.1, -0.05) is 6.07 Å². The van der Waals surface area contributed by atoms with Crippen molar-refractivity contribution in [2.45, 2.75) is 6.54 Å². The van der Waals surface area contributed by atoms with E-state index in [1.54, 1.807) is 14.2 Å². The second-order valence-corrected chi connectivity index (χ2v) is 2.69. The van der Waals surface area contributed by atoms with Crippen molar-refractivity contribution in [3.63, 3.8) is 0 Å². The lowest BCUT2D eigenvalue weighted by atomic mass is 10.2. The first-order valence-corrected chi connectivity index (χ1v) is 4.31. The third kappa shape index (κ3) is 2.37. The molecule has 0 aliphatic carbocycles. The van der Waals surface area contributed by atoms with E-state index in [1.165, 1.54) is 0 Å². The Balaban J connectivity index is 2.90. The lowest BCUT2D eigenvalue weighted by Gasteiger charge is -2.12. The number of ether oxygens (including phenoxy) is 3. The zero-order chi connectivity index (χ0) is 10.4. The first kappa shape index (κ1) is 10.8. The van der Waals surface area contributed by atoms with Gasteiger partial charge in [0.05, 0.1) is 7.11 Å². The highest BCUT2D eigenvalue weighted by Gasteiger charge is 2.07. The van der Waals surface area contributed by atoms with Gasteiger partial charge in [0.25, 0.3) is 0 Å². The van der Waals surface area contributed by atoms with Crippen LogP contribution in [0.2, 0.25) is 0 Å². The van der Waals surface area contributed by atoms with Crippen LogP contribution >= 0.6 is 0 Å². The van der Waals surface area contributed by atoms with Crippen molar-refractivity contribution >= 4 is 0 Å². The highest BCUT2D eigenvalue weighted by atomic mass is 16.7. The van der Waals surface area contributed by atoms with Crippen molar-refractivity contribution in [3.05, 3.63) is 23.8 Å². The summed E-state index contributed by atoms with van der Waals surface area (Å²) in [4.78, 5) is 0. The summed E-state index contributed by atoms with van der Waals surface area (Å²) in [6, 6.07) is 5.54. The Hall–Kier alpha value is -1.26. The van der Waals surface area contributed by atoms with Crippen LogP contribution in [0.15, 0.2) is 18.2 Å². The van der Waals surface area contributed by atoms with Crippen molar-refractivity contribution in [1.82, 2.24) is 0 Å². The second kappa shape index (κ2) is 5.47. The van der Waals surface area contributed by atoms with Gasteiger partial charge in [-0.05, 0) is 12.1 Å². The molecule has 0 aliphatic rings. The van der Waals surface area contributed by atoms with Crippen LogP contribution in [0.3, 0.4) is 0 Å². The number of rotatable bonds is 5. The van der Waals surface area contributed by atoms with Crippen LogP contribution in [0, 0.1) is 0 Å². The first-order chi connectivity index (χ1) is 6.83. The SMILES string of the molecule is COCOc1cccc(OC)c1CN. The van der Waals surface area contributed by atoms with Crippen LogP contribution in [0.4, 0.5) is 0 Å². The summed E-state index contributed by atoms with van der Waals surface area (Å²) in [5, 5.41) is 0. The van der Waals surface area contributed by atoms with E-state index in [-0.39, 0.29) is 6.79 Å². The largest absolute Gasteiger partial charge is 0.496 e. The standard InChI is InChI=1S/C10H15NO3/c1-12-7-14-10-5-3-4-9(13-2)8(10)6-11/h3-5H,6-7,11H2,1-2H3. The van der Waals surface area contributed by atoms with Crippen LogP contribution in [0.1, 0.15) is 5.56 Å². The zero-order valence-electron chi connectivity index (χ0n) is 8.45. The van der Waals surface area contributed by atoms with Gasteiger partial charge in [-0.25, -0.2) is 0 Å². The molecule has 0 saturated heterocycles. The van der Waals surface area contributed by atoms with Gasteiger partial charge in [-0.15, -0.1) is 0 Å². The highest BCUT2D eigenvalue weighted by molar-refractivity contribution is 5.44. The molecule has 0 radical (unpaired) electrons. The minimum absolute atomic E-state index is 0.208. The number of hydrogen-bond donors (Lipinski definition) is 1. The summed E-state index contributed by atoms with van der Waals surface area (Å²) in [5.41, 5.74) is 6.45. The van der Waals surface area contributed by atoms with Crippen molar-refractivity contribution in [2.24, 2.45) is 5.73 Å². The number of nitrogens with two attached hydrogens (primary N) is 1. The molecule has 4 nitrogen and oxygen atoms in total. The number of methoxy groups -OCH3 is 2. The van der Waals surface area contributed by atoms with E-state index >= 15 is 0 Å². The molecule has 0 spiro atoms. The molecule has 0 bridgehead atoms. The summed E-state index contributed by atoms with van der Waals surface area (Å²) in [6.07, 6.45) is 0. The summed E-state index contributed by atoms with van der Waals surface area (Å²) in [5.74, 6) is 1.44. The normalized spacial score (nSPS) is 9.93. The Morgan fingerprint density at radius 3 is 2.50 bits per heavy atom. The monoisotopic (exact) mass is 197 g/mol. The van der Waals surface area contributed by atoms with Crippen LogP contribution in [0.25, 0.3) is 0 Å². The van der Waals surface area contributed by atoms with Gasteiger partial charge >= 0.3 is 0 Å². The van der Waals surface area contributed by atoms with Crippen LogP contribution in [0.5, 0.6) is 11.5 Å². The number of hydrogen-bond acceptors (Lipinski definition) is 4. The molecule has 2 N–H and O–H groups in total. The summed E-state index contributed by atoms with van der Waals surface area (Å²) < 4.78 is 15.3. The van der Waals surface area contributed by atoms with Gasteiger partial charge in [0.15, 0.2) is 6.79 Å². The molecule has 4 heteroatoms. The highest BCUT2D eigenvalue weighted by Crippen LogP contribution is 2.27. The molecule has 1 aromatic rings. The quantitative estimate of drug-likeness (QED) is 0.719. The van der Waals surface area contributed by atoms with Crippen LogP contribution < -0.4 is 15.2 Å². The molecule has 1 rings (SSSR count). The Kier molecular flexibility index (Phi) is 4.22. The van der Waals surface area contributed by atoms with Gasteiger partial charge in [-0.2, -0.15) is 0 Å². The van der Waals surface area contributed by atoms with Crippen LogP contribution in [-0.4, -0.2) is 21.0 Å². The molecule has 14 heavy (non-hydrogen) atoms. The van der Waals surface area contributed by atoms with Crippen molar-refractivity contribution in [2.75, 3.05) is 21.0 Å². The van der Waals surface area contributed by atoms with E-state index in [2.05, 4.69) is 0 Å². The van der Waals surface area contributed by atoms with E-state index in [4.69, 9.17) is 19.9 Å². The van der Waals surface area contributed by atoms with E-state index < -0.39 is 0 Å². The van der Waals surface area contributed by atoms with E-state index in [0.29, 0.717) is 12.3 Å². The minimum atomic E-state index is 0.208. The molecule has 0 fully saturated rings. The second-order valence-electron chi connectivity index (χ2n) is 2.69. The molecule has 1 aromatic carbocycles. The summed E-state index contributed by atoms with van der Waals surface area (Å²) >= 11 is 0. The van der Waals surface area contributed by atoms with Gasteiger partial charge < -0.3 is 19.9 Å². The molecular weight excluding hydrogens is 182 g/mol. The maximum Gasteiger partial charge on any atom is 0.188 e. The molecule has 0 atom stereocenters. The maximum absolute atomic E-state index is 5.60. The Bertz CT molecular complexity index is 289. The Labute approximate surface area is 83.6 Å². The minimum Gasteiger partial charge on any atom is -0.496 e. The van der Waals surface area contributed by atoms with Gasteiger partial charge in [0.2, 0.25) is 0 Å². The first-order valence-electron chi connectivity index (χ1n) is 4.31. The molecule has 0 saturated carbocycles. The topological polar surface area (TPSA) is 53.7 Å². The van der Waals surface area contributed by atoms with Crippen molar-refractivity contribution in [1.29, 1.82) is 0 Å². The predicted molar refractivity (Wildman–Crippen MR) is 53.4 cm³/mol. The molecule has 0 aromatic heterocycles. The molecule has 0 aliphatic heterocycles. The smallest absolute Gasteiger partial charge is 0.188 e. The molecule has 0 amide bonds. The van der Waals surface area contributed by atoms with Crippen molar-refractivity contribution in [3.8, 4) is 11.5 Å². The average molecular weight is 197 g/mol. The predicted octanol–water partition coefficient (Wildman–Crippen LogP) is 1.14.